The number of nitrogens with zero attached hydrogens (tertiary/aromatic N) is 1. The van der Waals surface area contributed by atoms with Gasteiger partial charge in [0.25, 0.3) is 5.91 Å². The lowest BCUT2D eigenvalue weighted by molar-refractivity contribution is 0.0735. The Bertz CT molecular complexity index is 1150. The van der Waals surface area contributed by atoms with Crippen LogP contribution in [0.2, 0.25) is 0 Å². The highest BCUT2D eigenvalue weighted by atomic mass is 32.2. The molecule has 0 bridgehead atoms. The number of aromatic amines is 1. The van der Waals surface area contributed by atoms with E-state index in [1.54, 1.807) is 12.1 Å². The van der Waals surface area contributed by atoms with E-state index in [0.717, 1.165) is 22.9 Å². The lowest BCUT2D eigenvalue weighted by Gasteiger charge is -2.27. The van der Waals surface area contributed by atoms with E-state index in [1.165, 1.54) is 23.9 Å². The molecule has 0 unspecified atom stereocenters. The van der Waals surface area contributed by atoms with Crippen LogP contribution in [0.4, 0.5) is 0 Å². The number of nitrogens with one attached hydrogen (secondary N) is 2. The number of H-pyrrole nitrogens is 1. The molecule has 0 fully saturated rings. The number of amides is 1. The number of hydrogen-bond acceptors (Lipinski definition) is 3. The summed E-state index contributed by atoms with van der Waals surface area (Å²) >= 11 is 0. The van der Waals surface area contributed by atoms with E-state index in [0.29, 0.717) is 18.7 Å². The number of carbonyl (C=O) groups is 1. The van der Waals surface area contributed by atoms with Crippen LogP contribution in [-0.4, -0.2) is 37.3 Å². The van der Waals surface area contributed by atoms with E-state index in [4.69, 9.17) is 0 Å². The fraction of sp³-hybridized carbons (Fsp3) is 0.190. The highest BCUT2D eigenvalue weighted by molar-refractivity contribution is 7.89. The van der Waals surface area contributed by atoms with Crippen LogP contribution in [0.15, 0.2) is 66.1 Å². The average Bonchev–Trinajstić information content (AvgIpc) is 3.10. The zero-order valence-corrected chi connectivity index (χ0v) is 16.1. The number of rotatable bonds is 5. The fourth-order valence-electron chi connectivity index (χ4n) is 3.55. The molecular weight excluding hydrogens is 374 g/mol. The normalized spacial score (nSPS) is 14.1. The Morgan fingerprint density at radius 2 is 1.93 bits per heavy atom. The number of carbonyl (C=O) groups excluding carboxylic acids is 1. The smallest absolute Gasteiger partial charge is 0.254 e. The van der Waals surface area contributed by atoms with Gasteiger partial charge in [-0.3, -0.25) is 4.79 Å². The molecule has 1 aliphatic rings. The molecule has 0 saturated carbocycles. The second kappa shape index (κ2) is 7.26. The average molecular weight is 395 g/mol. The third kappa shape index (κ3) is 3.34. The molecule has 1 aliphatic heterocycles. The van der Waals surface area contributed by atoms with Gasteiger partial charge in [-0.15, -0.1) is 6.58 Å². The predicted molar refractivity (Wildman–Crippen MR) is 109 cm³/mol. The van der Waals surface area contributed by atoms with E-state index < -0.39 is 10.0 Å². The summed E-state index contributed by atoms with van der Waals surface area (Å²) in [6.07, 6.45) is 2.25. The Labute approximate surface area is 163 Å². The quantitative estimate of drug-likeness (QED) is 0.652. The van der Waals surface area contributed by atoms with Crippen molar-refractivity contribution in [2.24, 2.45) is 0 Å². The van der Waals surface area contributed by atoms with Crippen molar-refractivity contribution in [2.45, 2.75) is 17.9 Å². The first-order valence-corrected chi connectivity index (χ1v) is 10.6. The molecule has 28 heavy (non-hydrogen) atoms. The summed E-state index contributed by atoms with van der Waals surface area (Å²) in [4.78, 5) is 18.3. The summed E-state index contributed by atoms with van der Waals surface area (Å²) in [5.41, 5.74) is 3.90. The molecule has 1 aromatic heterocycles. The highest BCUT2D eigenvalue weighted by Crippen LogP contribution is 2.28. The highest BCUT2D eigenvalue weighted by Gasteiger charge is 2.25. The van der Waals surface area contributed by atoms with Gasteiger partial charge < -0.3 is 9.88 Å². The summed E-state index contributed by atoms with van der Waals surface area (Å²) in [6.45, 7) is 4.82. The van der Waals surface area contributed by atoms with Crippen molar-refractivity contribution in [1.82, 2.24) is 14.6 Å². The van der Waals surface area contributed by atoms with Crippen LogP contribution in [0.1, 0.15) is 21.6 Å². The van der Waals surface area contributed by atoms with Crippen LogP contribution < -0.4 is 4.72 Å². The Morgan fingerprint density at radius 3 is 2.68 bits per heavy atom. The van der Waals surface area contributed by atoms with E-state index in [1.807, 2.05) is 23.1 Å². The minimum atomic E-state index is -3.60. The maximum atomic E-state index is 12.9. The van der Waals surface area contributed by atoms with E-state index in [9.17, 15) is 13.2 Å². The second-order valence-corrected chi connectivity index (χ2v) is 8.54. The van der Waals surface area contributed by atoms with Crippen molar-refractivity contribution in [2.75, 3.05) is 13.1 Å². The number of fused-ring (bicyclic) bond motifs is 3. The number of benzene rings is 2. The maximum absolute atomic E-state index is 12.9. The van der Waals surface area contributed by atoms with Crippen molar-refractivity contribution in [3.05, 3.63) is 78.0 Å². The van der Waals surface area contributed by atoms with Crippen LogP contribution in [-0.2, 0) is 23.0 Å². The third-order valence-corrected chi connectivity index (χ3v) is 6.44. The topological polar surface area (TPSA) is 82.3 Å². The molecule has 1 amide bonds. The molecule has 7 heteroatoms. The monoisotopic (exact) mass is 395 g/mol. The van der Waals surface area contributed by atoms with E-state index >= 15 is 0 Å². The summed E-state index contributed by atoms with van der Waals surface area (Å²) in [7, 11) is -3.60. The number of hydrogen-bond donors (Lipinski definition) is 2. The Balaban J connectivity index is 1.54. The molecule has 0 aliphatic carbocycles. The lowest BCUT2D eigenvalue weighted by Crippen LogP contribution is -2.35. The van der Waals surface area contributed by atoms with Gasteiger partial charge in [-0.05, 0) is 30.3 Å². The van der Waals surface area contributed by atoms with Gasteiger partial charge in [-0.1, -0.05) is 24.3 Å². The van der Waals surface area contributed by atoms with Gasteiger partial charge in [0, 0.05) is 53.8 Å². The Hall–Kier alpha value is -2.90. The Kier molecular flexibility index (Phi) is 4.78. The van der Waals surface area contributed by atoms with Crippen LogP contribution in [0, 0.1) is 0 Å². The molecule has 2 heterocycles. The van der Waals surface area contributed by atoms with Gasteiger partial charge in [-0.25, -0.2) is 13.1 Å². The van der Waals surface area contributed by atoms with Crippen molar-refractivity contribution in [3.8, 4) is 0 Å². The Morgan fingerprint density at radius 1 is 1.18 bits per heavy atom. The van der Waals surface area contributed by atoms with E-state index in [2.05, 4.69) is 22.4 Å². The molecule has 4 rings (SSSR count). The van der Waals surface area contributed by atoms with Gasteiger partial charge in [0.1, 0.15) is 0 Å². The molecule has 0 spiro atoms. The molecule has 2 N–H and O–H groups in total. The number of aromatic nitrogens is 1. The lowest BCUT2D eigenvalue weighted by atomic mass is 10.0. The van der Waals surface area contributed by atoms with Crippen molar-refractivity contribution in [1.29, 1.82) is 0 Å². The zero-order valence-electron chi connectivity index (χ0n) is 15.3. The first-order chi connectivity index (χ1) is 13.5. The van der Waals surface area contributed by atoms with E-state index in [-0.39, 0.29) is 17.3 Å². The van der Waals surface area contributed by atoms with Crippen LogP contribution in [0.5, 0.6) is 0 Å². The predicted octanol–water partition coefficient (Wildman–Crippen LogP) is 2.83. The van der Waals surface area contributed by atoms with Crippen LogP contribution in [0.3, 0.4) is 0 Å². The number of para-hydroxylation sites is 1. The van der Waals surface area contributed by atoms with Gasteiger partial charge in [0.2, 0.25) is 10.0 Å². The summed E-state index contributed by atoms with van der Waals surface area (Å²) < 4.78 is 26.7. The van der Waals surface area contributed by atoms with Crippen LogP contribution >= 0.6 is 0 Å². The summed E-state index contributed by atoms with van der Waals surface area (Å²) in [5, 5.41) is 1.14. The molecule has 0 radical (unpaired) electrons. The summed E-state index contributed by atoms with van der Waals surface area (Å²) in [6, 6.07) is 14.1. The maximum Gasteiger partial charge on any atom is 0.254 e. The molecule has 0 saturated heterocycles. The van der Waals surface area contributed by atoms with Gasteiger partial charge >= 0.3 is 0 Å². The zero-order chi connectivity index (χ0) is 19.7. The first-order valence-electron chi connectivity index (χ1n) is 9.08. The molecule has 3 aromatic rings. The van der Waals surface area contributed by atoms with Gasteiger partial charge in [0.05, 0.1) is 4.90 Å². The first kappa shape index (κ1) is 18.5. The second-order valence-electron chi connectivity index (χ2n) is 6.77. The van der Waals surface area contributed by atoms with Crippen molar-refractivity contribution in [3.63, 3.8) is 0 Å². The van der Waals surface area contributed by atoms with Crippen LogP contribution in [0.25, 0.3) is 10.9 Å². The minimum absolute atomic E-state index is 0.0982. The molecular formula is C21H21N3O3S. The largest absolute Gasteiger partial charge is 0.358 e. The van der Waals surface area contributed by atoms with Crippen molar-refractivity contribution >= 4 is 26.8 Å². The van der Waals surface area contributed by atoms with Crippen molar-refractivity contribution < 1.29 is 13.2 Å². The third-order valence-electron chi connectivity index (χ3n) is 5.00. The molecule has 6 nitrogen and oxygen atoms in total. The van der Waals surface area contributed by atoms with Gasteiger partial charge in [-0.2, -0.15) is 0 Å². The van der Waals surface area contributed by atoms with Gasteiger partial charge in [0.15, 0.2) is 0 Å². The summed E-state index contributed by atoms with van der Waals surface area (Å²) in [5.74, 6) is -0.0982. The standard InChI is InChI=1S/C21H21N3O3S/c1-2-12-22-28(26,27)16-9-7-15(8-10-16)21(25)24-13-11-20-18(14-24)17-5-3-4-6-19(17)23-20/h2-10,22-23H,1,11-14H2. The number of sulfonamides is 1. The SMILES string of the molecule is C=CCNS(=O)(=O)c1ccc(C(=O)N2CCc3[nH]c4ccccc4c3C2)cc1. The minimum Gasteiger partial charge on any atom is -0.358 e. The molecule has 144 valence electrons. The molecule has 2 aromatic carbocycles. The fourth-order valence-corrected chi connectivity index (χ4v) is 4.55. The molecule has 0 atom stereocenters.